The molecule has 0 bridgehead atoms. The summed E-state index contributed by atoms with van der Waals surface area (Å²) in [5.41, 5.74) is 9.99. The van der Waals surface area contributed by atoms with Gasteiger partial charge in [0.2, 0.25) is 0 Å². The number of aromatic amines is 1. The van der Waals surface area contributed by atoms with Crippen LogP contribution in [0.2, 0.25) is 0 Å². The summed E-state index contributed by atoms with van der Waals surface area (Å²) in [7, 11) is 0. The van der Waals surface area contributed by atoms with Crippen molar-refractivity contribution in [3.63, 3.8) is 0 Å². The lowest BCUT2D eigenvalue weighted by Crippen LogP contribution is -2.35. The third-order valence-electron chi connectivity index (χ3n) is 5.00. The Balaban J connectivity index is 1.56. The average molecular weight is 376 g/mol. The molecule has 0 aliphatic carbocycles. The zero-order valence-electron chi connectivity index (χ0n) is 15.9. The Morgan fingerprint density at radius 2 is 1.96 bits per heavy atom. The maximum absolute atomic E-state index is 12.7. The number of H-pyrrole nitrogens is 1. The van der Waals surface area contributed by atoms with Gasteiger partial charge in [0.1, 0.15) is 11.6 Å². The topological polar surface area (TPSA) is 84.2 Å². The van der Waals surface area contributed by atoms with E-state index < -0.39 is 0 Å². The number of nitrogens with one attached hydrogen (secondary N) is 1. The Hall–Kier alpha value is -3.12. The van der Waals surface area contributed by atoms with Crippen LogP contribution >= 0.6 is 0 Å². The number of rotatable bonds is 5. The van der Waals surface area contributed by atoms with Crippen LogP contribution in [0.25, 0.3) is 11.4 Å². The minimum Gasteiger partial charge on any atom is -0.494 e. The van der Waals surface area contributed by atoms with Crippen LogP contribution in [-0.2, 0) is 19.5 Å². The lowest BCUT2D eigenvalue weighted by molar-refractivity contribution is 0.236. The minimum absolute atomic E-state index is 0.0698. The highest BCUT2D eigenvalue weighted by Crippen LogP contribution is 2.24. The SMILES string of the molecule is CCOc1ccccc1CN1CCc2nc(-c3ccc(N)cc3)[nH]c(=O)c2C1. The van der Waals surface area contributed by atoms with Crippen LogP contribution in [-0.4, -0.2) is 28.0 Å². The first-order valence-corrected chi connectivity index (χ1v) is 9.55. The van der Waals surface area contributed by atoms with Gasteiger partial charge in [-0.05, 0) is 37.3 Å². The Morgan fingerprint density at radius 1 is 1.18 bits per heavy atom. The second-order valence-corrected chi connectivity index (χ2v) is 6.96. The number of fused-ring (bicyclic) bond motifs is 1. The third-order valence-corrected chi connectivity index (χ3v) is 5.00. The van der Waals surface area contributed by atoms with Gasteiger partial charge in [0, 0.05) is 42.9 Å². The number of aromatic nitrogens is 2. The van der Waals surface area contributed by atoms with Crippen LogP contribution in [0.3, 0.4) is 0 Å². The van der Waals surface area contributed by atoms with Gasteiger partial charge >= 0.3 is 0 Å². The molecule has 28 heavy (non-hydrogen) atoms. The number of nitrogen functional groups attached to an aromatic ring is 1. The summed E-state index contributed by atoms with van der Waals surface area (Å²) < 4.78 is 5.73. The molecule has 0 radical (unpaired) electrons. The molecule has 6 heteroatoms. The maximum atomic E-state index is 12.7. The van der Waals surface area contributed by atoms with Crippen molar-refractivity contribution >= 4 is 5.69 Å². The van der Waals surface area contributed by atoms with Gasteiger partial charge in [0.25, 0.3) is 5.56 Å². The van der Waals surface area contributed by atoms with Crippen LogP contribution < -0.4 is 16.0 Å². The standard InChI is InChI=1S/C22H24N4O2/c1-2-28-20-6-4-3-5-16(20)13-26-12-11-19-18(14-26)22(27)25-21(24-19)15-7-9-17(23)10-8-15/h3-10H,2,11-14,23H2,1H3,(H,24,25,27). The highest BCUT2D eigenvalue weighted by Gasteiger charge is 2.22. The second kappa shape index (κ2) is 7.86. The molecule has 0 atom stereocenters. The summed E-state index contributed by atoms with van der Waals surface area (Å²) in [6.07, 6.45) is 0.748. The summed E-state index contributed by atoms with van der Waals surface area (Å²) in [6.45, 7) is 4.80. The molecular weight excluding hydrogens is 352 g/mol. The van der Waals surface area contributed by atoms with E-state index in [-0.39, 0.29) is 5.56 Å². The van der Waals surface area contributed by atoms with Crippen molar-refractivity contribution < 1.29 is 4.74 Å². The first-order chi connectivity index (χ1) is 13.6. The summed E-state index contributed by atoms with van der Waals surface area (Å²) in [5, 5.41) is 0. The fourth-order valence-electron chi connectivity index (χ4n) is 3.57. The number of ether oxygens (including phenoxy) is 1. The number of benzene rings is 2. The van der Waals surface area contributed by atoms with E-state index in [0.717, 1.165) is 47.6 Å². The molecule has 1 aliphatic heterocycles. The molecular formula is C22H24N4O2. The fraction of sp³-hybridized carbons (Fsp3) is 0.273. The molecule has 0 saturated carbocycles. The van der Waals surface area contributed by atoms with Crippen molar-refractivity contribution in [2.24, 2.45) is 0 Å². The van der Waals surface area contributed by atoms with Gasteiger partial charge in [0.15, 0.2) is 0 Å². The van der Waals surface area contributed by atoms with E-state index in [9.17, 15) is 4.79 Å². The first kappa shape index (κ1) is 18.3. The monoisotopic (exact) mass is 376 g/mol. The number of anilines is 1. The Morgan fingerprint density at radius 3 is 2.75 bits per heavy atom. The molecule has 1 aromatic heterocycles. The van der Waals surface area contributed by atoms with Crippen LogP contribution in [0.1, 0.15) is 23.7 Å². The zero-order chi connectivity index (χ0) is 19.5. The number of hydrogen-bond acceptors (Lipinski definition) is 5. The van der Waals surface area contributed by atoms with E-state index in [2.05, 4.69) is 16.0 Å². The van der Waals surface area contributed by atoms with Crippen molar-refractivity contribution in [2.45, 2.75) is 26.4 Å². The average Bonchev–Trinajstić information content (AvgIpc) is 2.70. The maximum Gasteiger partial charge on any atom is 0.255 e. The molecule has 6 nitrogen and oxygen atoms in total. The minimum atomic E-state index is -0.0698. The Labute approximate surface area is 164 Å². The molecule has 0 saturated heterocycles. The van der Waals surface area contributed by atoms with Crippen molar-refractivity contribution in [3.05, 3.63) is 75.7 Å². The van der Waals surface area contributed by atoms with Crippen molar-refractivity contribution in [2.75, 3.05) is 18.9 Å². The van der Waals surface area contributed by atoms with Crippen LogP contribution in [0.5, 0.6) is 5.75 Å². The van der Waals surface area contributed by atoms with Crippen LogP contribution in [0.4, 0.5) is 5.69 Å². The number of para-hydroxylation sites is 1. The highest BCUT2D eigenvalue weighted by molar-refractivity contribution is 5.58. The molecule has 1 aliphatic rings. The predicted molar refractivity (Wildman–Crippen MR) is 110 cm³/mol. The van der Waals surface area contributed by atoms with E-state index in [1.54, 1.807) is 0 Å². The molecule has 144 valence electrons. The number of nitrogens with zero attached hydrogens (tertiary/aromatic N) is 2. The molecule has 3 aromatic rings. The largest absolute Gasteiger partial charge is 0.494 e. The molecule has 0 spiro atoms. The third kappa shape index (κ3) is 3.77. The molecule has 0 unspecified atom stereocenters. The lowest BCUT2D eigenvalue weighted by atomic mass is 10.0. The van der Waals surface area contributed by atoms with Gasteiger partial charge in [-0.25, -0.2) is 4.98 Å². The predicted octanol–water partition coefficient (Wildman–Crippen LogP) is 2.98. The van der Waals surface area contributed by atoms with E-state index in [0.29, 0.717) is 24.7 Å². The molecule has 0 amide bonds. The van der Waals surface area contributed by atoms with E-state index in [4.69, 9.17) is 15.5 Å². The summed E-state index contributed by atoms with van der Waals surface area (Å²) in [5.74, 6) is 1.50. The normalized spacial score (nSPS) is 13.9. The smallest absolute Gasteiger partial charge is 0.255 e. The van der Waals surface area contributed by atoms with Crippen molar-refractivity contribution in [3.8, 4) is 17.1 Å². The fourth-order valence-corrected chi connectivity index (χ4v) is 3.57. The molecule has 3 N–H and O–H groups in total. The quantitative estimate of drug-likeness (QED) is 0.669. The Bertz CT molecular complexity index is 1030. The number of hydrogen-bond donors (Lipinski definition) is 2. The van der Waals surface area contributed by atoms with E-state index in [1.165, 1.54) is 0 Å². The summed E-state index contributed by atoms with van der Waals surface area (Å²) in [4.78, 5) is 22.6. The van der Waals surface area contributed by atoms with E-state index in [1.807, 2.05) is 49.4 Å². The summed E-state index contributed by atoms with van der Waals surface area (Å²) >= 11 is 0. The van der Waals surface area contributed by atoms with Gasteiger partial charge in [-0.1, -0.05) is 18.2 Å². The Kier molecular flexibility index (Phi) is 5.12. The zero-order valence-corrected chi connectivity index (χ0v) is 15.9. The van der Waals surface area contributed by atoms with Gasteiger partial charge in [-0.3, -0.25) is 9.69 Å². The highest BCUT2D eigenvalue weighted by atomic mass is 16.5. The van der Waals surface area contributed by atoms with Gasteiger partial charge in [0.05, 0.1) is 17.9 Å². The summed E-state index contributed by atoms with van der Waals surface area (Å²) in [6, 6.07) is 15.4. The van der Waals surface area contributed by atoms with Crippen LogP contribution in [0.15, 0.2) is 53.3 Å². The van der Waals surface area contributed by atoms with Crippen LogP contribution in [0, 0.1) is 0 Å². The van der Waals surface area contributed by atoms with Gasteiger partial charge in [-0.2, -0.15) is 0 Å². The second-order valence-electron chi connectivity index (χ2n) is 6.96. The van der Waals surface area contributed by atoms with Gasteiger partial charge in [-0.15, -0.1) is 0 Å². The molecule has 2 heterocycles. The van der Waals surface area contributed by atoms with Crippen molar-refractivity contribution in [1.29, 1.82) is 0 Å². The molecule has 0 fully saturated rings. The first-order valence-electron chi connectivity index (χ1n) is 9.55. The number of nitrogens with two attached hydrogens (primary N) is 1. The van der Waals surface area contributed by atoms with E-state index >= 15 is 0 Å². The van der Waals surface area contributed by atoms with Crippen molar-refractivity contribution in [1.82, 2.24) is 14.9 Å². The van der Waals surface area contributed by atoms with Gasteiger partial charge < -0.3 is 15.5 Å². The molecule has 4 rings (SSSR count). The lowest BCUT2D eigenvalue weighted by Gasteiger charge is -2.28. The molecule has 2 aromatic carbocycles.